The predicted molar refractivity (Wildman–Crippen MR) is 103 cm³/mol. The van der Waals surface area contributed by atoms with Crippen molar-refractivity contribution in [2.24, 2.45) is 0 Å². The molecular weight excluding hydrogens is 504 g/mol. The largest absolute Gasteiger partial charge is 0.506 e. The smallest absolute Gasteiger partial charge is 0.149 e. The van der Waals surface area contributed by atoms with Gasteiger partial charge in [0.15, 0.2) is 0 Å². The third-order valence-corrected chi connectivity index (χ3v) is 4.76. The molecule has 1 heterocycles. The summed E-state index contributed by atoms with van der Waals surface area (Å²) in [7, 11) is 0. The Bertz CT molecular complexity index is 882. The standard InChI is InChI=1S/C16H9I2N3O/c17-11-6-9(7-12(18)15(11)22)5-10(8-19)16-20-13-3-1-2-4-14(13)21-16/h1-7,22H,(H,20,21)/b10-5+. The first-order valence-corrected chi connectivity index (χ1v) is 8.49. The number of aromatic amines is 1. The summed E-state index contributed by atoms with van der Waals surface area (Å²) in [5.41, 5.74) is 3.03. The van der Waals surface area contributed by atoms with Gasteiger partial charge in [-0.3, -0.25) is 0 Å². The number of hydrogen-bond acceptors (Lipinski definition) is 3. The summed E-state index contributed by atoms with van der Waals surface area (Å²) in [5.74, 6) is 0.808. The zero-order chi connectivity index (χ0) is 15.7. The predicted octanol–water partition coefficient (Wildman–Crippen LogP) is 4.54. The van der Waals surface area contributed by atoms with Crippen LogP contribution in [0.2, 0.25) is 0 Å². The van der Waals surface area contributed by atoms with Crippen LogP contribution in [0.25, 0.3) is 22.7 Å². The van der Waals surface area contributed by atoms with Gasteiger partial charge in [0.25, 0.3) is 0 Å². The molecule has 0 radical (unpaired) electrons. The zero-order valence-electron chi connectivity index (χ0n) is 11.1. The molecule has 0 amide bonds. The third kappa shape index (κ3) is 2.96. The lowest BCUT2D eigenvalue weighted by Crippen LogP contribution is -1.87. The third-order valence-electron chi connectivity index (χ3n) is 3.12. The van der Waals surface area contributed by atoms with Crippen molar-refractivity contribution in [1.29, 1.82) is 5.26 Å². The maximum atomic E-state index is 9.82. The Morgan fingerprint density at radius 2 is 1.91 bits per heavy atom. The second kappa shape index (κ2) is 6.26. The molecule has 0 fully saturated rings. The second-order valence-corrected chi connectivity index (χ2v) is 6.93. The Hall–Kier alpha value is -1.60. The Balaban J connectivity index is 2.09. The van der Waals surface area contributed by atoms with Crippen LogP contribution in [-0.4, -0.2) is 15.1 Å². The van der Waals surface area contributed by atoms with Crippen LogP contribution in [0.15, 0.2) is 36.4 Å². The number of aromatic nitrogens is 2. The summed E-state index contributed by atoms with van der Waals surface area (Å²) in [4.78, 5) is 7.60. The Labute approximate surface area is 154 Å². The lowest BCUT2D eigenvalue weighted by molar-refractivity contribution is 0.467. The molecular formula is C16H9I2N3O. The number of imidazole rings is 1. The van der Waals surface area contributed by atoms with Crippen molar-refractivity contribution in [1.82, 2.24) is 9.97 Å². The maximum Gasteiger partial charge on any atom is 0.149 e. The van der Waals surface area contributed by atoms with Gasteiger partial charge in [0, 0.05) is 0 Å². The van der Waals surface area contributed by atoms with E-state index in [0.29, 0.717) is 11.4 Å². The molecule has 2 N–H and O–H groups in total. The van der Waals surface area contributed by atoms with Gasteiger partial charge in [-0.05, 0) is 81.1 Å². The number of fused-ring (bicyclic) bond motifs is 1. The van der Waals surface area contributed by atoms with Crippen molar-refractivity contribution in [3.05, 3.63) is 54.9 Å². The molecule has 0 aliphatic carbocycles. The highest BCUT2D eigenvalue weighted by Gasteiger charge is 2.09. The summed E-state index contributed by atoms with van der Waals surface area (Å²) in [6.07, 6.45) is 1.77. The molecule has 0 aliphatic heterocycles. The van der Waals surface area contributed by atoms with Crippen LogP contribution in [-0.2, 0) is 0 Å². The molecule has 2 aromatic carbocycles. The van der Waals surface area contributed by atoms with Crippen LogP contribution < -0.4 is 0 Å². The summed E-state index contributed by atoms with van der Waals surface area (Å²) in [6.45, 7) is 0. The molecule has 0 unspecified atom stereocenters. The molecule has 6 heteroatoms. The van der Waals surface area contributed by atoms with Crippen molar-refractivity contribution < 1.29 is 5.11 Å². The topological polar surface area (TPSA) is 72.7 Å². The van der Waals surface area contributed by atoms with Crippen LogP contribution in [0.1, 0.15) is 11.4 Å². The number of aromatic hydroxyl groups is 1. The van der Waals surface area contributed by atoms with E-state index < -0.39 is 0 Å². The van der Waals surface area contributed by atoms with Crippen molar-refractivity contribution in [2.75, 3.05) is 0 Å². The van der Waals surface area contributed by atoms with Crippen LogP contribution in [0, 0.1) is 18.5 Å². The van der Waals surface area contributed by atoms with Gasteiger partial charge in [0.05, 0.1) is 23.7 Å². The van der Waals surface area contributed by atoms with E-state index in [9.17, 15) is 10.4 Å². The lowest BCUT2D eigenvalue weighted by atomic mass is 10.1. The lowest BCUT2D eigenvalue weighted by Gasteiger charge is -2.03. The molecule has 4 nitrogen and oxygen atoms in total. The molecule has 3 rings (SSSR count). The number of benzene rings is 2. The number of allylic oxidation sites excluding steroid dienone is 1. The van der Waals surface area contributed by atoms with Gasteiger partial charge in [0.2, 0.25) is 0 Å². The zero-order valence-corrected chi connectivity index (χ0v) is 15.5. The van der Waals surface area contributed by atoms with E-state index in [2.05, 4.69) is 61.2 Å². The van der Waals surface area contributed by atoms with E-state index in [-0.39, 0.29) is 5.75 Å². The van der Waals surface area contributed by atoms with Crippen molar-refractivity contribution >= 4 is 67.9 Å². The Kier molecular flexibility index (Phi) is 4.35. The number of hydrogen-bond donors (Lipinski definition) is 2. The number of para-hydroxylation sites is 2. The van der Waals surface area contributed by atoms with Gasteiger partial charge in [-0.25, -0.2) is 4.98 Å². The van der Waals surface area contributed by atoms with Crippen molar-refractivity contribution in [3.63, 3.8) is 0 Å². The second-order valence-electron chi connectivity index (χ2n) is 4.61. The van der Waals surface area contributed by atoms with E-state index in [4.69, 9.17) is 0 Å². The van der Waals surface area contributed by atoms with Crippen LogP contribution >= 0.6 is 45.2 Å². The van der Waals surface area contributed by atoms with E-state index >= 15 is 0 Å². The molecule has 0 spiro atoms. The normalized spacial score (nSPS) is 11.6. The van der Waals surface area contributed by atoms with Crippen LogP contribution in [0.4, 0.5) is 0 Å². The molecule has 1 aromatic heterocycles. The minimum atomic E-state index is 0.264. The van der Waals surface area contributed by atoms with E-state index in [0.717, 1.165) is 23.7 Å². The minimum absolute atomic E-state index is 0.264. The Morgan fingerprint density at radius 3 is 2.55 bits per heavy atom. The highest BCUT2D eigenvalue weighted by atomic mass is 127. The SMILES string of the molecule is N#C/C(=C\c1cc(I)c(O)c(I)c1)c1nc2ccccc2[nH]1. The van der Waals surface area contributed by atoms with Crippen LogP contribution in [0.3, 0.4) is 0 Å². The fourth-order valence-electron chi connectivity index (χ4n) is 2.07. The first-order chi connectivity index (χ1) is 10.6. The number of nitriles is 1. The fraction of sp³-hybridized carbons (Fsp3) is 0. The van der Waals surface area contributed by atoms with Gasteiger partial charge in [0.1, 0.15) is 17.6 Å². The molecule has 0 bridgehead atoms. The average molecular weight is 513 g/mol. The first-order valence-electron chi connectivity index (χ1n) is 6.33. The fourth-order valence-corrected chi connectivity index (χ4v) is 3.89. The highest BCUT2D eigenvalue weighted by Crippen LogP contribution is 2.29. The van der Waals surface area contributed by atoms with Crippen LogP contribution in [0.5, 0.6) is 5.75 Å². The number of halogens is 2. The molecule has 0 atom stereocenters. The molecule has 108 valence electrons. The molecule has 3 aromatic rings. The quantitative estimate of drug-likeness (QED) is 0.391. The van der Waals surface area contributed by atoms with Crippen molar-refractivity contribution in [3.8, 4) is 11.8 Å². The average Bonchev–Trinajstić information content (AvgIpc) is 2.93. The van der Waals surface area contributed by atoms with Gasteiger partial charge >= 0.3 is 0 Å². The number of rotatable bonds is 2. The van der Waals surface area contributed by atoms with Gasteiger partial charge in [-0.2, -0.15) is 5.26 Å². The summed E-state index contributed by atoms with van der Waals surface area (Å²) in [6, 6.07) is 13.5. The highest BCUT2D eigenvalue weighted by molar-refractivity contribution is 14.1. The monoisotopic (exact) mass is 513 g/mol. The molecule has 0 aliphatic rings. The number of H-pyrrole nitrogens is 1. The van der Waals surface area contributed by atoms with Gasteiger partial charge in [-0.1, -0.05) is 12.1 Å². The number of phenolic OH excluding ortho intramolecular Hbond substituents is 1. The molecule has 22 heavy (non-hydrogen) atoms. The number of phenols is 1. The molecule has 0 saturated heterocycles. The number of nitrogens with one attached hydrogen (secondary N) is 1. The van der Waals surface area contributed by atoms with E-state index in [1.807, 2.05) is 36.4 Å². The minimum Gasteiger partial charge on any atom is -0.506 e. The summed E-state index contributed by atoms with van der Waals surface area (Å²) in [5, 5.41) is 19.2. The van der Waals surface area contributed by atoms with Crippen molar-refractivity contribution in [2.45, 2.75) is 0 Å². The first kappa shape index (κ1) is 15.3. The molecule has 0 saturated carbocycles. The van der Waals surface area contributed by atoms with Gasteiger partial charge in [-0.15, -0.1) is 0 Å². The van der Waals surface area contributed by atoms with E-state index in [1.165, 1.54) is 0 Å². The summed E-state index contributed by atoms with van der Waals surface area (Å²) >= 11 is 4.14. The number of nitrogens with zero attached hydrogens (tertiary/aromatic N) is 2. The van der Waals surface area contributed by atoms with E-state index in [1.54, 1.807) is 6.08 Å². The maximum absolute atomic E-state index is 9.82. The Morgan fingerprint density at radius 1 is 1.23 bits per heavy atom. The van der Waals surface area contributed by atoms with Gasteiger partial charge < -0.3 is 10.1 Å². The summed E-state index contributed by atoms with van der Waals surface area (Å²) < 4.78 is 1.50.